The summed E-state index contributed by atoms with van der Waals surface area (Å²) in [6.07, 6.45) is 0. The number of aromatic nitrogens is 1. The van der Waals surface area contributed by atoms with Crippen molar-refractivity contribution in [2.24, 2.45) is 0 Å². The third-order valence-corrected chi connectivity index (χ3v) is 5.36. The molecule has 1 heterocycles. The summed E-state index contributed by atoms with van der Waals surface area (Å²) in [5, 5.41) is 3.53. The quantitative estimate of drug-likeness (QED) is 0.738. The predicted molar refractivity (Wildman–Crippen MR) is 99.4 cm³/mol. The molecule has 25 heavy (non-hydrogen) atoms. The molecular weight excluding hydrogens is 336 g/mol. The lowest BCUT2D eigenvalue weighted by atomic mass is 10.0. The van der Waals surface area contributed by atoms with Crippen molar-refractivity contribution in [3.8, 4) is 0 Å². The first-order chi connectivity index (χ1) is 12.1. The number of hydrogen-bond acceptors (Lipinski definition) is 3. The first kappa shape index (κ1) is 17.1. The maximum atomic E-state index is 12.4. The minimum absolute atomic E-state index is 0.101. The number of hydrogen-bond donors (Lipinski definition) is 2. The van der Waals surface area contributed by atoms with Crippen LogP contribution in [0.3, 0.4) is 0 Å². The number of fused-ring (bicyclic) bond motifs is 1. The molecule has 3 rings (SSSR count). The van der Waals surface area contributed by atoms with E-state index in [0.717, 1.165) is 10.3 Å². The number of carbonyl (C=O) groups excluding carboxylic acids is 1. The van der Waals surface area contributed by atoms with Crippen LogP contribution in [0.4, 0.5) is 0 Å². The van der Waals surface area contributed by atoms with Gasteiger partial charge >= 0.3 is 0 Å². The molecule has 6 heteroatoms. The first-order valence-electron chi connectivity index (χ1n) is 7.91. The first-order valence-corrected chi connectivity index (χ1v) is 9.23. The third kappa shape index (κ3) is 3.69. The molecule has 2 aromatic carbocycles. The molecule has 0 spiro atoms. The number of aryl methyl sites for hydroxylation is 1. The van der Waals surface area contributed by atoms with Gasteiger partial charge in [-0.1, -0.05) is 36.4 Å². The summed E-state index contributed by atoms with van der Waals surface area (Å²) in [5.41, 5.74) is 1.02. The highest BCUT2D eigenvalue weighted by Crippen LogP contribution is 2.16. The molecular formula is C19H18N2O3S. The molecule has 0 unspecified atom stereocenters. The second-order valence-electron chi connectivity index (χ2n) is 5.62. The Morgan fingerprint density at radius 1 is 1.08 bits per heavy atom. The van der Waals surface area contributed by atoms with Crippen LogP contribution in [0.25, 0.3) is 10.9 Å². The maximum absolute atomic E-state index is 12.4. The van der Waals surface area contributed by atoms with E-state index in [1.807, 2.05) is 36.4 Å². The van der Waals surface area contributed by atoms with Gasteiger partial charge in [0.1, 0.15) is 5.56 Å². The second kappa shape index (κ2) is 7.44. The lowest BCUT2D eigenvalue weighted by Crippen LogP contribution is -2.33. The lowest BCUT2D eigenvalue weighted by Gasteiger charge is -2.09. The molecule has 0 saturated heterocycles. The van der Waals surface area contributed by atoms with Gasteiger partial charge in [0, 0.05) is 28.1 Å². The zero-order valence-electron chi connectivity index (χ0n) is 13.7. The summed E-state index contributed by atoms with van der Waals surface area (Å²) >= 11 is 0. The molecule has 0 radical (unpaired) electrons. The number of rotatable bonds is 5. The Kier molecular flexibility index (Phi) is 5.09. The van der Waals surface area contributed by atoms with Crippen molar-refractivity contribution in [3.63, 3.8) is 0 Å². The van der Waals surface area contributed by atoms with Gasteiger partial charge in [0.25, 0.3) is 11.5 Å². The third-order valence-electron chi connectivity index (χ3n) is 3.99. The van der Waals surface area contributed by atoms with Crippen molar-refractivity contribution in [1.29, 1.82) is 0 Å². The van der Waals surface area contributed by atoms with Crippen LogP contribution in [-0.4, -0.2) is 27.4 Å². The molecule has 1 atom stereocenters. The second-order valence-corrected chi connectivity index (χ2v) is 7.19. The highest BCUT2D eigenvalue weighted by molar-refractivity contribution is 7.85. The van der Waals surface area contributed by atoms with Crippen molar-refractivity contribution >= 4 is 27.6 Å². The number of nitrogens with one attached hydrogen (secondary N) is 2. The van der Waals surface area contributed by atoms with E-state index in [1.54, 1.807) is 25.1 Å². The van der Waals surface area contributed by atoms with Crippen molar-refractivity contribution in [2.75, 3.05) is 12.3 Å². The van der Waals surface area contributed by atoms with E-state index in [-0.39, 0.29) is 12.1 Å². The van der Waals surface area contributed by atoms with Gasteiger partial charge in [0.2, 0.25) is 0 Å². The van der Waals surface area contributed by atoms with Crippen LogP contribution in [0.5, 0.6) is 0 Å². The highest BCUT2D eigenvalue weighted by atomic mass is 32.2. The Morgan fingerprint density at radius 3 is 2.52 bits per heavy atom. The molecule has 0 fully saturated rings. The zero-order chi connectivity index (χ0) is 17.8. The lowest BCUT2D eigenvalue weighted by molar-refractivity contribution is 0.0954. The molecule has 0 aliphatic carbocycles. The van der Waals surface area contributed by atoms with Crippen LogP contribution < -0.4 is 10.9 Å². The average molecular weight is 354 g/mol. The summed E-state index contributed by atoms with van der Waals surface area (Å²) in [6, 6.07) is 16.4. The Labute approximate surface area is 147 Å². The Hall–Kier alpha value is -2.73. The smallest absolute Gasteiger partial charge is 0.261 e. The van der Waals surface area contributed by atoms with Gasteiger partial charge < -0.3 is 10.3 Å². The van der Waals surface area contributed by atoms with E-state index in [9.17, 15) is 13.8 Å². The van der Waals surface area contributed by atoms with E-state index in [4.69, 9.17) is 0 Å². The summed E-state index contributed by atoms with van der Waals surface area (Å²) in [4.78, 5) is 28.1. The van der Waals surface area contributed by atoms with Crippen molar-refractivity contribution in [1.82, 2.24) is 10.3 Å². The molecule has 0 bridgehead atoms. The SMILES string of the molecule is Cc1c(C(=O)NCC[S@](=O)c2ccccc2)c(=O)[nH]c2ccccc12. The zero-order valence-corrected chi connectivity index (χ0v) is 14.6. The molecule has 128 valence electrons. The number of H-pyrrole nitrogens is 1. The standard InChI is InChI=1S/C19H18N2O3S/c1-13-15-9-5-6-10-16(15)21-19(23)17(13)18(22)20-11-12-25(24)14-7-3-2-4-8-14/h2-10H,11-12H2,1H3,(H,20,22)(H,21,23)/t25-/m0/s1. The normalized spacial score (nSPS) is 12.0. The molecule has 3 aromatic rings. The topological polar surface area (TPSA) is 79.0 Å². The maximum Gasteiger partial charge on any atom is 0.261 e. The fraction of sp³-hybridized carbons (Fsp3) is 0.158. The van der Waals surface area contributed by atoms with Crippen molar-refractivity contribution in [2.45, 2.75) is 11.8 Å². The van der Waals surface area contributed by atoms with Gasteiger partial charge in [0.15, 0.2) is 0 Å². The molecule has 0 saturated carbocycles. The van der Waals surface area contributed by atoms with Crippen molar-refractivity contribution in [3.05, 3.63) is 76.1 Å². The molecule has 1 amide bonds. The summed E-state index contributed by atoms with van der Waals surface area (Å²) in [6.45, 7) is 1.99. The molecule has 0 aliphatic rings. The van der Waals surface area contributed by atoms with E-state index in [0.29, 0.717) is 16.8 Å². The largest absolute Gasteiger partial charge is 0.351 e. The van der Waals surface area contributed by atoms with E-state index in [2.05, 4.69) is 10.3 Å². The summed E-state index contributed by atoms with van der Waals surface area (Å²) < 4.78 is 12.2. The molecule has 0 aliphatic heterocycles. The van der Waals surface area contributed by atoms with Gasteiger partial charge in [-0.2, -0.15) is 0 Å². The summed E-state index contributed by atoms with van der Waals surface area (Å²) in [7, 11) is -1.19. The van der Waals surface area contributed by atoms with Crippen LogP contribution in [0.2, 0.25) is 0 Å². The van der Waals surface area contributed by atoms with Crippen LogP contribution in [-0.2, 0) is 10.8 Å². The van der Waals surface area contributed by atoms with Crippen LogP contribution in [0, 0.1) is 6.92 Å². The van der Waals surface area contributed by atoms with Gasteiger partial charge in [0.05, 0.1) is 10.8 Å². The molecule has 5 nitrogen and oxygen atoms in total. The number of pyridine rings is 1. The Morgan fingerprint density at radius 2 is 1.76 bits per heavy atom. The van der Waals surface area contributed by atoms with Gasteiger partial charge in [-0.15, -0.1) is 0 Å². The number of aromatic amines is 1. The molecule has 1 aromatic heterocycles. The van der Waals surface area contributed by atoms with Gasteiger partial charge in [-0.3, -0.25) is 13.8 Å². The highest BCUT2D eigenvalue weighted by Gasteiger charge is 2.16. The fourth-order valence-corrected chi connectivity index (χ4v) is 3.70. The monoisotopic (exact) mass is 354 g/mol. The van der Waals surface area contributed by atoms with Crippen LogP contribution >= 0.6 is 0 Å². The number of benzene rings is 2. The van der Waals surface area contributed by atoms with Crippen LogP contribution in [0.1, 0.15) is 15.9 Å². The van der Waals surface area contributed by atoms with E-state index < -0.39 is 22.3 Å². The number of carbonyl (C=O) groups is 1. The van der Waals surface area contributed by atoms with Gasteiger partial charge in [-0.25, -0.2) is 0 Å². The Balaban J connectivity index is 1.73. The number of para-hydroxylation sites is 1. The minimum Gasteiger partial charge on any atom is -0.351 e. The van der Waals surface area contributed by atoms with Crippen molar-refractivity contribution < 1.29 is 9.00 Å². The Bertz CT molecular complexity index is 996. The summed E-state index contributed by atoms with van der Waals surface area (Å²) in [5.74, 6) is -0.158. The minimum atomic E-state index is -1.19. The van der Waals surface area contributed by atoms with Gasteiger partial charge in [-0.05, 0) is 30.7 Å². The average Bonchev–Trinajstić information content (AvgIpc) is 2.62. The van der Waals surface area contributed by atoms with E-state index >= 15 is 0 Å². The molecule has 2 N–H and O–H groups in total. The predicted octanol–water partition coefficient (Wildman–Crippen LogP) is 2.37. The van der Waals surface area contributed by atoms with Crippen LogP contribution in [0.15, 0.2) is 64.3 Å². The fourth-order valence-electron chi connectivity index (χ4n) is 2.72. The van der Waals surface area contributed by atoms with E-state index in [1.165, 1.54) is 0 Å². The number of amides is 1.